The summed E-state index contributed by atoms with van der Waals surface area (Å²) in [6, 6.07) is 82.4. The van der Waals surface area contributed by atoms with Crippen LogP contribution in [-0.4, -0.2) is 24.1 Å². The molecule has 10 aromatic carbocycles. The van der Waals surface area contributed by atoms with Crippen LogP contribution in [0.1, 0.15) is 52.7 Å². The molecule has 364 valence electrons. The second-order valence-electron chi connectivity index (χ2n) is 22.6. The molecule has 0 saturated carbocycles. The smallest absolute Gasteiger partial charge is 0.164 e. The molecule has 0 saturated heterocycles. The highest BCUT2D eigenvalue weighted by Gasteiger charge is 2.23. The maximum absolute atomic E-state index is 5.19. The van der Waals surface area contributed by atoms with Crippen molar-refractivity contribution in [3.8, 4) is 22.8 Å². The Labute approximate surface area is 441 Å². The number of fused-ring (bicyclic) bond motifs is 25. The first kappa shape index (κ1) is 45.4. The molecule has 5 heteroatoms. The van der Waals surface area contributed by atoms with Crippen molar-refractivity contribution in [2.45, 2.75) is 52.4 Å². The van der Waals surface area contributed by atoms with Gasteiger partial charge in [0.05, 0.1) is 22.1 Å². The monoisotopic (exact) mass is 977 g/mol. The minimum absolute atomic E-state index is 0.00503. The number of para-hydroxylation sites is 1. The van der Waals surface area contributed by atoms with Crippen LogP contribution < -0.4 is 0 Å². The van der Waals surface area contributed by atoms with E-state index in [1.807, 2.05) is 18.2 Å². The van der Waals surface area contributed by atoms with Crippen LogP contribution >= 0.6 is 0 Å². The van der Waals surface area contributed by atoms with Crippen LogP contribution in [0.15, 0.2) is 224 Å². The summed E-state index contributed by atoms with van der Waals surface area (Å²) in [5, 5.41) is 15.7. The van der Waals surface area contributed by atoms with E-state index in [-0.39, 0.29) is 10.8 Å². The fourth-order valence-electron chi connectivity index (χ4n) is 11.5. The molecule has 14 rings (SSSR count). The van der Waals surface area contributed by atoms with Crippen LogP contribution in [0.5, 0.6) is 0 Å². The Hall–Kier alpha value is -9.19. The zero-order valence-corrected chi connectivity index (χ0v) is 43.6. The Morgan fingerprint density at radius 3 is 1.28 bits per heavy atom. The van der Waals surface area contributed by atoms with E-state index < -0.39 is 0 Å². The van der Waals surface area contributed by atoms with Crippen LogP contribution in [0.2, 0.25) is 0 Å². The van der Waals surface area contributed by atoms with Gasteiger partial charge in [-0.2, -0.15) is 0 Å². The minimum Gasteiger partial charge on any atom is -0.309 e. The van der Waals surface area contributed by atoms with Crippen LogP contribution in [0.25, 0.3) is 132 Å². The second-order valence-corrected chi connectivity index (χ2v) is 22.6. The van der Waals surface area contributed by atoms with Crippen LogP contribution in [0.4, 0.5) is 0 Å². The van der Waals surface area contributed by atoms with E-state index in [1.165, 1.54) is 43.7 Å². The largest absolute Gasteiger partial charge is 0.309 e. The first-order chi connectivity index (χ1) is 36.9. The number of nitrogens with zero attached hydrogens (tertiary/aromatic N) is 5. The van der Waals surface area contributed by atoms with Crippen LogP contribution in [0.3, 0.4) is 0 Å². The van der Waals surface area contributed by atoms with Crippen LogP contribution in [0, 0.1) is 0 Å². The van der Waals surface area contributed by atoms with Crippen molar-refractivity contribution in [1.82, 2.24) is 24.1 Å². The van der Waals surface area contributed by atoms with E-state index >= 15 is 0 Å². The highest BCUT2D eigenvalue weighted by atomic mass is 15.0. The first-order valence-electron chi connectivity index (χ1n) is 26.4. The molecule has 0 aliphatic heterocycles. The summed E-state index contributed by atoms with van der Waals surface area (Å²) in [5.41, 5.74) is 11.8. The maximum Gasteiger partial charge on any atom is 0.164 e. The minimum atomic E-state index is 0.00503. The Morgan fingerprint density at radius 2 is 0.724 bits per heavy atom. The highest BCUT2D eigenvalue weighted by Crippen LogP contribution is 2.42. The Morgan fingerprint density at radius 1 is 0.289 bits per heavy atom. The molecule has 14 aromatic rings. The van der Waals surface area contributed by atoms with Gasteiger partial charge >= 0.3 is 0 Å². The van der Waals surface area contributed by atoms with Gasteiger partial charge in [0.2, 0.25) is 0 Å². The molecule has 0 unspecified atom stereocenters. The van der Waals surface area contributed by atoms with Gasteiger partial charge in [-0.15, -0.1) is 0 Å². The predicted molar refractivity (Wildman–Crippen MR) is 323 cm³/mol. The number of aromatic nitrogens is 5. The van der Waals surface area contributed by atoms with Gasteiger partial charge < -0.3 is 9.13 Å². The standard InChI is InChI=1S/C71H55N5/c1-70(2,3)54-29-32-63-59(41-54)60-42-55(71(4,5)6)30-33-64(60)75(63)57-31-34-65-61(43-57)62-40-53-39-58(66(62)76(65)56-27-11-8-12-28-56)50-24-14-20-46(36-50)48-22-16-26-52(38-48)69-73-67(44-17-9-7-10-18-44)72-68(74-69)51-25-15-21-47(37-51)45-19-13-23-49(53)35-45/h7-43H,1-6H3. The fourth-order valence-corrected chi connectivity index (χ4v) is 11.5. The molecule has 0 atom stereocenters. The molecule has 0 radical (unpaired) electrons. The van der Waals surface area contributed by atoms with Crippen LogP contribution in [-0.2, 0) is 10.8 Å². The second kappa shape index (κ2) is 17.2. The van der Waals surface area contributed by atoms with Crippen molar-refractivity contribution < 1.29 is 0 Å². The van der Waals surface area contributed by atoms with Gasteiger partial charge in [-0.05, 0) is 151 Å². The van der Waals surface area contributed by atoms with E-state index in [9.17, 15) is 0 Å². The van der Waals surface area contributed by atoms with E-state index in [0.29, 0.717) is 17.1 Å². The molecule has 12 bridgehead atoms. The summed E-state index contributed by atoms with van der Waals surface area (Å²) in [4.78, 5) is 15.4. The first-order valence-corrected chi connectivity index (χ1v) is 26.4. The van der Waals surface area contributed by atoms with E-state index in [4.69, 9.17) is 15.0 Å². The Bertz CT molecular complexity index is 4750. The van der Waals surface area contributed by atoms with Crippen molar-refractivity contribution >= 4 is 109 Å². The third-order valence-electron chi connectivity index (χ3n) is 15.6. The molecule has 0 spiro atoms. The topological polar surface area (TPSA) is 48.5 Å². The van der Waals surface area contributed by atoms with Crippen molar-refractivity contribution in [3.05, 3.63) is 236 Å². The lowest BCUT2D eigenvalue weighted by molar-refractivity contribution is 0.590. The number of hydrogen-bond donors (Lipinski definition) is 0. The number of benzene rings is 10. The van der Waals surface area contributed by atoms with Crippen molar-refractivity contribution in [2.24, 2.45) is 0 Å². The number of hydrogen-bond acceptors (Lipinski definition) is 3. The summed E-state index contributed by atoms with van der Waals surface area (Å²) in [6.45, 7) is 13.8. The fraction of sp³-hybridized carbons (Fsp3) is 0.113. The lowest BCUT2D eigenvalue weighted by Gasteiger charge is -2.19. The van der Waals surface area contributed by atoms with E-state index in [0.717, 1.165) is 81.8 Å². The molecule has 0 aliphatic rings. The Kier molecular flexibility index (Phi) is 10.3. The lowest BCUT2D eigenvalue weighted by atomic mass is 9.85. The molecule has 0 fully saturated rings. The van der Waals surface area contributed by atoms with Gasteiger partial charge in [0.15, 0.2) is 17.1 Å². The average Bonchev–Trinajstić information content (AvgIpc) is 4.04. The van der Waals surface area contributed by atoms with Gasteiger partial charge in [0, 0.05) is 54.6 Å². The molecule has 76 heavy (non-hydrogen) atoms. The number of rotatable bonds is 3. The maximum atomic E-state index is 5.19. The third-order valence-corrected chi connectivity index (χ3v) is 15.6. The molecule has 4 heterocycles. The lowest BCUT2D eigenvalue weighted by Crippen LogP contribution is -2.10. The Balaban J connectivity index is 1.13. The highest BCUT2D eigenvalue weighted by molar-refractivity contribution is 6.22. The summed E-state index contributed by atoms with van der Waals surface area (Å²) in [5.74, 6) is 0.637. The SMILES string of the molecule is CC(C)(C)c1ccc2c(c1)c1cc(C(C)(C)C)ccc1n2-c1ccc2c(c1)c1cc3cc(c4cccc(c4)c4cccc(c4)c4nc(-c5ccccc5)nc(n4)c4cccc(c4)c4cccc3c4)c1n2-c1ccccc1. The molecular weight excluding hydrogens is 923 g/mol. The molecule has 0 N–H and O–H groups in total. The van der Waals surface area contributed by atoms with Crippen molar-refractivity contribution in [1.29, 1.82) is 0 Å². The summed E-state index contributed by atoms with van der Waals surface area (Å²) in [6.07, 6.45) is 0. The molecule has 5 nitrogen and oxygen atoms in total. The molecule has 0 amide bonds. The third kappa shape index (κ3) is 7.64. The molecule has 0 aliphatic carbocycles. The summed E-state index contributed by atoms with van der Waals surface area (Å²) < 4.78 is 4.97. The van der Waals surface area contributed by atoms with Gasteiger partial charge in [-0.25, -0.2) is 15.0 Å². The zero-order chi connectivity index (χ0) is 51.5. The van der Waals surface area contributed by atoms with E-state index in [2.05, 4.69) is 257 Å². The van der Waals surface area contributed by atoms with Gasteiger partial charge in [0.1, 0.15) is 0 Å². The van der Waals surface area contributed by atoms with E-state index in [1.54, 1.807) is 0 Å². The van der Waals surface area contributed by atoms with Gasteiger partial charge in [-0.1, -0.05) is 175 Å². The quantitative estimate of drug-likeness (QED) is 0.177. The normalized spacial score (nSPS) is 12.3. The summed E-state index contributed by atoms with van der Waals surface area (Å²) >= 11 is 0. The molecule has 4 aromatic heterocycles. The van der Waals surface area contributed by atoms with Gasteiger partial charge in [0.25, 0.3) is 0 Å². The molecular formula is C71H55N5. The summed E-state index contributed by atoms with van der Waals surface area (Å²) in [7, 11) is 0. The van der Waals surface area contributed by atoms with Crippen molar-refractivity contribution in [2.75, 3.05) is 0 Å². The zero-order valence-electron chi connectivity index (χ0n) is 43.6. The predicted octanol–water partition coefficient (Wildman–Crippen LogP) is 18.9. The van der Waals surface area contributed by atoms with Crippen molar-refractivity contribution in [3.63, 3.8) is 0 Å². The average molecular weight is 978 g/mol. The van der Waals surface area contributed by atoms with Gasteiger partial charge in [-0.3, -0.25) is 0 Å².